The molecule has 2 radical (unpaired) electrons. The van der Waals surface area contributed by atoms with E-state index in [1.54, 1.807) is 13.0 Å². The average Bonchev–Trinajstić information content (AvgIpc) is 2.78. The van der Waals surface area contributed by atoms with Crippen molar-refractivity contribution in [1.82, 2.24) is 19.6 Å². The molecule has 2 aromatic heterocycles. The molecular weight excluding hydrogens is 308 g/mol. The van der Waals surface area contributed by atoms with Crippen molar-refractivity contribution in [3.63, 3.8) is 0 Å². The van der Waals surface area contributed by atoms with Gasteiger partial charge in [0.15, 0.2) is 7.85 Å². The fourth-order valence-electron chi connectivity index (χ4n) is 2.42. The van der Waals surface area contributed by atoms with Crippen molar-refractivity contribution in [2.45, 2.75) is 20.0 Å². The molecule has 0 saturated heterocycles. The quantitative estimate of drug-likeness (QED) is 0.697. The third-order valence-electron chi connectivity index (χ3n) is 3.40. The molecule has 9 heteroatoms. The number of fused-ring (bicyclic) bond motifs is 1. The maximum atomic E-state index is 12.8. The molecule has 23 heavy (non-hydrogen) atoms. The molecule has 3 aromatic rings. The van der Waals surface area contributed by atoms with Crippen molar-refractivity contribution in [2.24, 2.45) is 0 Å². The Bertz CT molecular complexity index is 897. The first-order chi connectivity index (χ1) is 10.7. The van der Waals surface area contributed by atoms with Crippen LogP contribution in [0.4, 0.5) is 13.2 Å². The van der Waals surface area contributed by atoms with Gasteiger partial charge in [-0.1, -0.05) is 0 Å². The van der Waals surface area contributed by atoms with E-state index in [-0.39, 0.29) is 22.6 Å². The normalized spacial score (nSPS) is 12.0. The predicted molar refractivity (Wildman–Crippen MR) is 77.7 cm³/mol. The lowest BCUT2D eigenvalue weighted by Gasteiger charge is -2.13. The monoisotopic (exact) mass is 318 g/mol. The summed E-state index contributed by atoms with van der Waals surface area (Å²) in [5.74, 6) is -0.294. The zero-order valence-electron chi connectivity index (χ0n) is 12.2. The van der Waals surface area contributed by atoms with Gasteiger partial charge in [-0.25, -0.2) is 14.5 Å². The van der Waals surface area contributed by atoms with E-state index in [0.717, 1.165) is 6.07 Å². The fraction of sp³-hybridized carbons (Fsp3) is 0.214. The molecule has 0 saturated carbocycles. The van der Waals surface area contributed by atoms with E-state index < -0.39 is 17.5 Å². The minimum Gasteiger partial charge on any atom is -0.507 e. The number of aromatic hydroxyl groups is 1. The van der Waals surface area contributed by atoms with Gasteiger partial charge in [0, 0.05) is 11.3 Å². The van der Waals surface area contributed by atoms with Crippen LogP contribution in [0.15, 0.2) is 18.2 Å². The Morgan fingerprint density at radius 3 is 2.43 bits per heavy atom. The van der Waals surface area contributed by atoms with E-state index >= 15 is 0 Å². The summed E-state index contributed by atoms with van der Waals surface area (Å²) in [6.07, 6.45) is -4.53. The molecule has 0 atom stereocenters. The van der Waals surface area contributed by atoms with Crippen LogP contribution in [-0.2, 0) is 6.18 Å². The van der Waals surface area contributed by atoms with Crippen LogP contribution in [0.25, 0.3) is 17.0 Å². The van der Waals surface area contributed by atoms with E-state index in [2.05, 4.69) is 15.1 Å². The van der Waals surface area contributed by atoms with E-state index in [4.69, 9.17) is 7.85 Å². The van der Waals surface area contributed by atoms with Gasteiger partial charge in [0.05, 0.1) is 17.0 Å². The van der Waals surface area contributed by atoms with Gasteiger partial charge >= 0.3 is 6.18 Å². The van der Waals surface area contributed by atoms with E-state index in [1.807, 2.05) is 0 Å². The first kappa shape index (κ1) is 15.3. The summed E-state index contributed by atoms with van der Waals surface area (Å²) in [6.45, 7) is 3.20. The summed E-state index contributed by atoms with van der Waals surface area (Å²) in [4.78, 5) is 8.14. The molecule has 116 valence electrons. The molecule has 2 heterocycles. The van der Waals surface area contributed by atoms with Crippen molar-refractivity contribution in [3.05, 3.63) is 35.0 Å². The number of hydrogen-bond acceptors (Lipinski definition) is 4. The molecular formula is C14H10BF3N4O. The highest BCUT2D eigenvalue weighted by molar-refractivity contribution is 6.29. The highest BCUT2D eigenvalue weighted by Crippen LogP contribution is 2.38. The number of aryl methyl sites for hydroxylation is 2. The Labute approximate surface area is 130 Å². The number of rotatable bonds is 1. The van der Waals surface area contributed by atoms with Crippen molar-refractivity contribution >= 4 is 19.3 Å². The molecule has 5 nitrogen and oxygen atoms in total. The molecule has 3 rings (SSSR count). The van der Waals surface area contributed by atoms with Crippen LogP contribution in [0.1, 0.15) is 16.8 Å². The van der Waals surface area contributed by atoms with Crippen molar-refractivity contribution in [1.29, 1.82) is 0 Å². The molecule has 1 N–H and O–H groups in total. The molecule has 0 aliphatic carbocycles. The number of hydrogen-bond donors (Lipinski definition) is 1. The van der Waals surface area contributed by atoms with Gasteiger partial charge in [-0.15, -0.1) is 0 Å². The van der Waals surface area contributed by atoms with Crippen molar-refractivity contribution in [3.8, 4) is 17.0 Å². The van der Waals surface area contributed by atoms with Gasteiger partial charge in [-0.05, 0) is 37.6 Å². The highest BCUT2D eigenvalue weighted by Gasteiger charge is 2.32. The summed E-state index contributed by atoms with van der Waals surface area (Å²) < 4.78 is 39.8. The highest BCUT2D eigenvalue weighted by atomic mass is 19.4. The smallest absolute Gasteiger partial charge is 0.416 e. The molecule has 0 unspecified atom stereocenters. The molecule has 0 fully saturated rings. The zero-order chi connectivity index (χ0) is 16.9. The van der Waals surface area contributed by atoms with E-state index in [9.17, 15) is 18.3 Å². The summed E-state index contributed by atoms with van der Waals surface area (Å²) in [7, 11) is 5.52. The van der Waals surface area contributed by atoms with Crippen LogP contribution in [0.3, 0.4) is 0 Å². The van der Waals surface area contributed by atoms with Crippen molar-refractivity contribution in [2.75, 3.05) is 0 Å². The first-order valence-electron chi connectivity index (χ1n) is 6.58. The van der Waals surface area contributed by atoms with Crippen LogP contribution in [-0.4, -0.2) is 32.5 Å². The summed E-state index contributed by atoms with van der Waals surface area (Å²) >= 11 is 0. The van der Waals surface area contributed by atoms with Crippen LogP contribution in [0.5, 0.6) is 5.75 Å². The topological polar surface area (TPSA) is 63.3 Å². The van der Waals surface area contributed by atoms with Crippen LogP contribution in [0, 0.1) is 13.8 Å². The van der Waals surface area contributed by atoms with Gasteiger partial charge in [0.25, 0.3) is 5.78 Å². The number of phenolic OH excluding ortho intramolecular Hbond substituents is 1. The maximum absolute atomic E-state index is 12.8. The number of phenols is 1. The van der Waals surface area contributed by atoms with Crippen LogP contribution < -0.4 is 5.72 Å². The van der Waals surface area contributed by atoms with Gasteiger partial charge in [-0.2, -0.15) is 18.3 Å². The number of benzene rings is 1. The molecule has 0 bridgehead atoms. The Morgan fingerprint density at radius 1 is 1.13 bits per heavy atom. The lowest BCUT2D eigenvalue weighted by Crippen LogP contribution is -2.07. The Morgan fingerprint density at radius 2 is 1.83 bits per heavy atom. The second-order valence-corrected chi connectivity index (χ2v) is 5.15. The number of halogens is 3. The second kappa shape index (κ2) is 4.97. The standard InChI is InChI=1S/C14H10BF3N4O/c1-6-3-8(14(16,17)18)5-10(23)11(6)9-4-7(2)22-13(19-9)20-12(15)21-22/h3-5,23H,1-2H3. The SMILES string of the molecule is [B]c1nc2nc(-c3c(C)cc(C(F)(F)F)cc3O)cc(C)n2n1. The number of aromatic nitrogens is 4. The Hall–Kier alpha value is -2.58. The largest absolute Gasteiger partial charge is 0.507 e. The molecule has 0 aliphatic rings. The maximum Gasteiger partial charge on any atom is 0.416 e. The summed E-state index contributed by atoms with van der Waals surface area (Å²) in [5.41, 5.74) is 0.511. The molecule has 0 amide bonds. The van der Waals surface area contributed by atoms with Gasteiger partial charge in [0.2, 0.25) is 0 Å². The van der Waals surface area contributed by atoms with Crippen LogP contribution in [0.2, 0.25) is 0 Å². The Balaban J connectivity index is 2.22. The summed E-state index contributed by atoms with van der Waals surface area (Å²) in [5, 5.41) is 14.0. The average molecular weight is 318 g/mol. The lowest BCUT2D eigenvalue weighted by molar-refractivity contribution is -0.137. The second-order valence-electron chi connectivity index (χ2n) is 5.15. The minimum atomic E-state index is -4.53. The summed E-state index contributed by atoms with van der Waals surface area (Å²) in [6, 6.07) is 3.24. The van der Waals surface area contributed by atoms with Gasteiger partial charge in [0.1, 0.15) is 5.75 Å². The number of alkyl halides is 3. The third kappa shape index (κ3) is 2.62. The van der Waals surface area contributed by atoms with E-state index in [0.29, 0.717) is 17.5 Å². The third-order valence-corrected chi connectivity index (χ3v) is 3.40. The number of nitrogens with zero attached hydrogens (tertiary/aromatic N) is 4. The fourth-order valence-corrected chi connectivity index (χ4v) is 2.42. The Kier molecular flexibility index (Phi) is 3.31. The molecule has 1 aromatic carbocycles. The van der Waals surface area contributed by atoms with Crippen LogP contribution >= 0.6 is 0 Å². The van der Waals surface area contributed by atoms with E-state index in [1.165, 1.54) is 11.4 Å². The zero-order valence-corrected chi connectivity index (χ0v) is 12.2. The van der Waals surface area contributed by atoms with Gasteiger partial charge < -0.3 is 5.11 Å². The predicted octanol–water partition coefficient (Wildman–Crippen LogP) is 1.93. The lowest BCUT2D eigenvalue weighted by atomic mass is 10.00. The molecule has 0 spiro atoms. The minimum absolute atomic E-state index is 0.0334. The van der Waals surface area contributed by atoms with Crippen molar-refractivity contribution < 1.29 is 18.3 Å². The first-order valence-corrected chi connectivity index (χ1v) is 6.58. The van der Waals surface area contributed by atoms with Gasteiger partial charge in [-0.3, -0.25) is 0 Å². The molecule has 0 aliphatic heterocycles.